The summed E-state index contributed by atoms with van der Waals surface area (Å²) in [6.07, 6.45) is 0.0859. The normalized spacial score (nSPS) is 20.0. The molecule has 0 spiro atoms. The van der Waals surface area contributed by atoms with E-state index in [1.807, 2.05) is 11.0 Å². The van der Waals surface area contributed by atoms with Crippen LogP contribution in [0.5, 0.6) is 5.75 Å². The first-order valence-electron chi connectivity index (χ1n) is 10.8. The summed E-state index contributed by atoms with van der Waals surface area (Å²) in [6.45, 7) is 2.24. The van der Waals surface area contributed by atoms with Crippen molar-refractivity contribution in [3.05, 3.63) is 58.4 Å². The predicted molar refractivity (Wildman–Crippen MR) is 114 cm³/mol. The van der Waals surface area contributed by atoms with Gasteiger partial charge in [-0.25, -0.2) is 0 Å². The molecular formula is C25H22F3N3O2. The molecule has 33 heavy (non-hydrogen) atoms. The van der Waals surface area contributed by atoms with Crippen molar-refractivity contribution in [3.8, 4) is 23.7 Å². The van der Waals surface area contributed by atoms with E-state index in [0.29, 0.717) is 44.2 Å². The molecule has 0 bridgehead atoms. The summed E-state index contributed by atoms with van der Waals surface area (Å²) in [7, 11) is 0. The number of ether oxygens (including phenoxy) is 1. The lowest BCUT2D eigenvalue weighted by Crippen LogP contribution is -2.40. The number of benzene rings is 1. The third-order valence-electron chi connectivity index (χ3n) is 6.11. The van der Waals surface area contributed by atoms with Crippen molar-refractivity contribution in [2.45, 2.75) is 63.9 Å². The number of carbonyl (C=O) groups excluding carboxylic acids is 1. The van der Waals surface area contributed by atoms with Gasteiger partial charge >= 0.3 is 6.18 Å². The second-order valence-corrected chi connectivity index (χ2v) is 8.24. The van der Waals surface area contributed by atoms with Gasteiger partial charge in [0.15, 0.2) is 0 Å². The van der Waals surface area contributed by atoms with Crippen molar-refractivity contribution in [3.63, 3.8) is 0 Å². The second-order valence-electron chi connectivity index (χ2n) is 8.24. The van der Waals surface area contributed by atoms with Gasteiger partial charge in [0, 0.05) is 18.7 Å². The lowest BCUT2D eigenvalue weighted by molar-refractivity contribution is -0.137. The largest absolute Gasteiger partial charge is 0.490 e. The quantitative estimate of drug-likeness (QED) is 0.619. The zero-order chi connectivity index (χ0) is 23.6. The summed E-state index contributed by atoms with van der Waals surface area (Å²) in [4.78, 5) is 19.3. The van der Waals surface area contributed by atoms with Crippen LogP contribution in [-0.4, -0.2) is 27.9 Å². The van der Waals surface area contributed by atoms with Gasteiger partial charge in [0.05, 0.1) is 41.1 Å². The molecule has 1 aliphatic heterocycles. The van der Waals surface area contributed by atoms with Gasteiger partial charge in [0.25, 0.3) is 5.91 Å². The molecule has 8 heteroatoms. The molecule has 1 aromatic heterocycles. The van der Waals surface area contributed by atoms with Gasteiger partial charge in [-0.1, -0.05) is 5.92 Å². The Labute approximate surface area is 190 Å². The summed E-state index contributed by atoms with van der Waals surface area (Å²) in [6, 6.07) is 6.90. The second kappa shape index (κ2) is 9.15. The lowest BCUT2D eigenvalue weighted by Gasteiger charge is -2.34. The number of hydrogen-bond acceptors (Lipinski definition) is 4. The maximum atomic E-state index is 13.2. The van der Waals surface area contributed by atoms with Crippen molar-refractivity contribution in [1.82, 2.24) is 9.88 Å². The Bertz CT molecular complexity index is 1170. The van der Waals surface area contributed by atoms with Gasteiger partial charge < -0.3 is 9.64 Å². The van der Waals surface area contributed by atoms with Crippen molar-refractivity contribution in [1.29, 1.82) is 5.26 Å². The summed E-state index contributed by atoms with van der Waals surface area (Å²) in [5, 5.41) is 8.93. The molecule has 5 nitrogen and oxygen atoms in total. The zero-order valence-corrected chi connectivity index (χ0v) is 18.1. The monoisotopic (exact) mass is 453 g/mol. The van der Waals surface area contributed by atoms with Crippen LogP contribution in [0.15, 0.2) is 30.5 Å². The molecule has 0 unspecified atom stereocenters. The van der Waals surface area contributed by atoms with Gasteiger partial charge in [-0.05, 0) is 62.4 Å². The van der Waals surface area contributed by atoms with E-state index in [9.17, 15) is 18.0 Å². The molecule has 2 aliphatic rings. The Morgan fingerprint density at radius 2 is 1.97 bits per heavy atom. The smallest absolute Gasteiger partial charge is 0.417 e. The molecule has 0 atom stereocenters. The van der Waals surface area contributed by atoms with Crippen LogP contribution in [0.1, 0.15) is 65.3 Å². The van der Waals surface area contributed by atoms with Gasteiger partial charge in [0.2, 0.25) is 0 Å². The molecule has 1 aliphatic carbocycles. The Kier molecular flexibility index (Phi) is 6.29. The molecule has 0 radical (unpaired) electrons. The number of hydrogen-bond donors (Lipinski definition) is 0. The number of carbonyl (C=O) groups is 1. The highest BCUT2D eigenvalue weighted by atomic mass is 19.4. The Morgan fingerprint density at radius 3 is 2.64 bits per heavy atom. The van der Waals surface area contributed by atoms with Crippen molar-refractivity contribution >= 4 is 5.91 Å². The molecule has 0 N–H and O–H groups in total. The van der Waals surface area contributed by atoms with E-state index in [1.54, 1.807) is 19.2 Å². The highest BCUT2D eigenvalue weighted by molar-refractivity contribution is 5.98. The first-order valence-corrected chi connectivity index (χ1v) is 10.8. The van der Waals surface area contributed by atoms with E-state index in [-0.39, 0.29) is 23.8 Å². The number of amides is 1. The van der Waals surface area contributed by atoms with Crippen LogP contribution >= 0.6 is 0 Å². The molecule has 1 saturated carbocycles. The maximum Gasteiger partial charge on any atom is 0.417 e. The highest BCUT2D eigenvalue weighted by Crippen LogP contribution is 2.36. The third-order valence-corrected chi connectivity index (χ3v) is 6.11. The van der Waals surface area contributed by atoms with Gasteiger partial charge in [-0.2, -0.15) is 18.4 Å². The summed E-state index contributed by atoms with van der Waals surface area (Å²) < 4.78 is 45.4. The Balaban J connectivity index is 1.38. The molecule has 4 rings (SSSR count). The first kappa shape index (κ1) is 22.7. The third kappa shape index (κ3) is 4.80. The maximum absolute atomic E-state index is 13.2. The molecule has 170 valence electrons. The Hall–Kier alpha value is -3.52. The van der Waals surface area contributed by atoms with Crippen molar-refractivity contribution in [2.24, 2.45) is 0 Å². The van der Waals surface area contributed by atoms with Crippen molar-refractivity contribution in [2.75, 3.05) is 0 Å². The molecule has 2 heterocycles. The number of alkyl halides is 3. The van der Waals surface area contributed by atoms with E-state index in [1.165, 1.54) is 6.07 Å². The molecule has 1 aromatic carbocycles. The summed E-state index contributed by atoms with van der Waals surface area (Å²) in [5.74, 6) is 5.89. The number of rotatable bonds is 4. The number of pyridine rings is 1. The van der Waals surface area contributed by atoms with E-state index in [2.05, 4.69) is 16.8 Å². The molecule has 1 fully saturated rings. The highest BCUT2D eigenvalue weighted by Gasteiger charge is 2.37. The minimum Gasteiger partial charge on any atom is -0.490 e. The fraction of sp³-hybridized carbons (Fsp3) is 0.400. The first-order chi connectivity index (χ1) is 15.8. The van der Waals surface area contributed by atoms with E-state index in [4.69, 9.17) is 10.00 Å². The number of halogens is 3. The van der Waals surface area contributed by atoms with Crippen LogP contribution in [-0.2, 0) is 19.1 Å². The van der Waals surface area contributed by atoms with Crippen LogP contribution < -0.4 is 4.74 Å². The minimum absolute atomic E-state index is 0.0323. The average Bonchev–Trinajstić information content (AvgIpc) is 3.13. The van der Waals surface area contributed by atoms with Crippen molar-refractivity contribution < 1.29 is 22.7 Å². The van der Waals surface area contributed by atoms with E-state index in [0.717, 1.165) is 23.4 Å². The minimum atomic E-state index is -4.62. The van der Waals surface area contributed by atoms with Crippen LogP contribution in [0.3, 0.4) is 0 Å². The number of aromatic nitrogens is 1. The SMILES string of the molecule is CC#CCc1cnc2c(c1)C(=O)N(C1CCC(Oc3ccc(C#N)c(C(F)(F)F)c3)CC1)C2. The van der Waals surface area contributed by atoms with Gasteiger partial charge in [-0.15, -0.1) is 5.92 Å². The van der Waals surface area contributed by atoms with E-state index < -0.39 is 17.3 Å². The topological polar surface area (TPSA) is 66.2 Å². The molecular weight excluding hydrogens is 431 g/mol. The number of nitrogens with zero attached hydrogens (tertiary/aromatic N) is 3. The van der Waals surface area contributed by atoms with E-state index >= 15 is 0 Å². The fourth-order valence-electron chi connectivity index (χ4n) is 4.41. The Morgan fingerprint density at radius 1 is 1.21 bits per heavy atom. The molecule has 1 amide bonds. The fourth-order valence-corrected chi connectivity index (χ4v) is 4.41. The standard InChI is InChI=1S/C25H22F3N3O2/c1-2-3-4-16-11-21-23(30-14-16)15-31(24(21)32)18-6-9-19(10-7-18)33-20-8-5-17(13-29)22(12-20)25(26,27)28/h5,8,11-12,14,18-19H,4,6-7,9-10,15H2,1H3. The zero-order valence-electron chi connectivity index (χ0n) is 18.1. The van der Waals surface area contributed by atoms with Crippen LogP contribution in [0.4, 0.5) is 13.2 Å². The lowest BCUT2D eigenvalue weighted by atomic mass is 9.92. The molecule has 2 aromatic rings. The van der Waals surface area contributed by atoms with Gasteiger partial charge in [0.1, 0.15) is 5.75 Å². The number of nitriles is 1. The summed E-state index contributed by atoms with van der Waals surface area (Å²) >= 11 is 0. The number of fused-ring (bicyclic) bond motifs is 1. The van der Waals surface area contributed by atoms with Crippen LogP contribution in [0, 0.1) is 23.2 Å². The predicted octanol–water partition coefficient (Wildman–Crippen LogP) is 4.88. The van der Waals surface area contributed by atoms with Crippen LogP contribution in [0.2, 0.25) is 0 Å². The molecule has 0 saturated heterocycles. The van der Waals surface area contributed by atoms with Gasteiger partial charge in [-0.3, -0.25) is 9.78 Å². The van der Waals surface area contributed by atoms with Crippen LogP contribution in [0.25, 0.3) is 0 Å². The summed E-state index contributed by atoms with van der Waals surface area (Å²) in [5.41, 5.74) is 0.888. The average molecular weight is 453 g/mol.